The van der Waals surface area contributed by atoms with Gasteiger partial charge in [-0.3, -0.25) is 0 Å². The SMILES string of the molecule is COCc1nc(CC2CCCCO2)sc1CNC1CC1. The number of thiazole rings is 1. The summed E-state index contributed by atoms with van der Waals surface area (Å²) in [5.74, 6) is 0. The third-order valence-corrected chi connectivity index (χ3v) is 5.03. The molecule has 1 aromatic heterocycles. The lowest BCUT2D eigenvalue weighted by Gasteiger charge is -2.21. The highest BCUT2D eigenvalue weighted by Gasteiger charge is 2.22. The van der Waals surface area contributed by atoms with Gasteiger partial charge in [0, 0.05) is 37.6 Å². The highest BCUT2D eigenvalue weighted by Crippen LogP contribution is 2.26. The van der Waals surface area contributed by atoms with E-state index in [1.54, 1.807) is 7.11 Å². The fraction of sp³-hybridized carbons (Fsp3) is 0.800. The third kappa shape index (κ3) is 4.01. The Hall–Kier alpha value is -0.490. The average molecular weight is 296 g/mol. The second-order valence-electron chi connectivity index (χ2n) is 5.76. The fourth-order valence-electron chi connectivity index (χ4n) is 2.60. The molecule has 1 aliphatic heterocycles. The Labute approximate surface area is 124 Å². The highest BCUT2D eigenvalue weighted by molar-refractivity contribution is 7.11. The highest BCUT2D eigenvalue weighted by atomic mass is 32.1. The molecule has 5 heteroatoms. The van der Waals surface area contributed by atoms with Gasteiger partial charge in [0.2, 0.25) is 0 Å². The van der Waals surface area contributed by atoms with E-state index in [9.17, 15) is 0 Å². The molecule has 2 heterocycles. The number of methoxy groups -OCH3 is 1. The smallest absolute Gasteiger partial charge is 0.0958 e. The molecular weight excluding hydrogens is 272 g/mol. The number of nitrogens with zero attached hydrogens (tertiary/aromatic N) is 1. The molecule has 0 radical (unpaired) electrons. The standard InChI is InChI=1S/C15H24N2O2S/c1-18-10-13-14(9-16-11-5-6-11)20-15(17-13)8-12-4-2-3-7-19-12/h11-12,16H,2-10H2,1H3. The molecule has 1 saturated heterocycles. The van der Waals surface area contributed by atoms with Crippen molar-refractivity contribution in [2.24, 2.45) is 0 Å². The van der Waals surface area contributed by atoms with Gasteiger partial charge in [0.25, 0.3) is 0 Å². The molecule has 0 spiro atoms. The minimum Gasteiger partial charge on any atom is -0.378 e. The Kier molecular flexibility index (Phi) is 5.04. The van der Waals surface area contributed by atoms with Gasteiger partial charge in [-0.05, 0) is 32.1 Å². The lowest BCUT2D eigenvalue weighted by atomic mass is 10.1. The molecule has 1 atom stereocenters. The number of ether oxygens (including phenoxy) is 2. The topological polar surface area (TPSA) is 43.4 Å². The molecule has 1 aromatic rings. The second-order valence-corrected chi connectivity index (χ2v) is 6.93. The van der Waals surface area contributed by atoms with E-state index in [-0.39, 0.29) is 0 Å². The van der Waals surface area contributed by atoms with E-state index >= 15 is 0 Å². The van der Waals surface area contributed by atoms with Crippen LogP contribution in [0.3, 0.4) is 0 Å². The molecule has 112 valence electrons. The number of rotatable bonds is 7. The van der Waals surface area contributed by atoms with Crippen LogP contribution in [0.5, 0.6) is 0 Å². The number of hydrogen-bond acceptors (Lipinski definition) is 5. The normalized spacial score (nSPS) is 23.1. The van der Waals surface area contributed by atoms with Crippen molar-refractivity contribution in [2.75, 3.05) is 13.7 Å². The van der Waals surface area contributed by atoms with Gasteiger partial charge in [-0.1, -0.05) is 0 Å². The van der Waals surface area contributed by atoms with Crippen molar-refractivity contribution in [3.05, 3.63) is 15.6 Å². The van der Waals surface area contributed by atoms with Gasteiger partial charge in [0.05, 0.1) is 23.4 Å². The fourth-order valence-corrected chi connectivity index (χ4v) is 3.69. The molecule has 0 aromatic carbocycles. The van der Waals surface area contributed by atoms with Crippen LogP contribution in [0.4, 0.5) is 0 Å². The maximum absolute atomic E-state index is 5.82. The van der Waals surface area contributed by atoms with Crippen LogP contribution in [0.2, 0.25) is 0 Å². The first kappa shape index (κ1) is 14.4. The van der Waals surface area contributed by atoms with E-state index in [0.29, 0.717) is 12.7 Å². The van der Waals surface area contributed by atoms with Gasteiger partial charge < -0.3 is 14.8 Å². The molecule has 1 unspecified atom stereocenters. The zero-order chi connectivity index (χ0) is 13.8. The van der Waals surface area contributed by atoms with E-state index in [1.165, 1.54) is 42.0 Å². The molecule has 1 aliphatic carbocycles. The predicted octanol–water partition coefficient (Wildman–Crippen LogP) is 2.65. The van der Waals surface area contributed by atoms with E-state index < -0.39 is 0 Å². The second kappa shape index (κ2) is 6.98. The minimum atomic E-state index is 0.370. The van der Waals surface area contributed by atoms with Crippen molar-refractivity contribution in [3.8, 4) is 0 Å². The average Bonchev–Trinajstić information content (AvgIpc) is 3.22. The van der Waals surface area contributed by atoms with Gasteiger partial charge in [-0.25, -0.2) is 4.98 Å². The summed E-state index contributed by atoms with van der Waals surface area (Å²) in [6, 6.07) is 0.734. The summed E-state index contributed by atoms with van der Waals surface area (Å²) in [6.07, 6.45) is 7.65. The molecule has 20 heavy (non-hydrogen) atoms. The Morgan fingerprint density at radius 2 is 2.25 bits per heavy atom. The van der Waals surface area contributed by atoms with Crippen LogP contribution < -0.4 is 5.32 Å². The molecule has 1 N–H and O–H groups in total. The number of nitrogens with one attached hydrogen (secondary N) is 1. The third-order valence-electron chi connectivity index (χ3n) is 3.91. The quantitative estimate of drug-likeness (QED) is 0.840. The van der Waals surface area contributed by atoms with Crippen molar-refractivity contribution < 1.29 is 9.47 Å². The monoisotopic (exact) mass is 296 g/mol. The van der Waals surface area contributed by atoms with E-state index in [2.05, 4.69) is 5.32 Å². The van der Waals surface area contributed by atoms with Gasteiger partial charge in [-0.15, -0.1) is 11.3 Å². The molecule has 2 aliphatic rings. The zero-order valence-corrected chi connectivity index (χ0v) is 13.0. The van der Waals surface area contributed by atoms with Crippen LogP contribution in [0.25, 0.3) is 0 Å². The zero-order valence-electron chi connectivity index (χ0n) is 12.2. The molecule has 1 saturated carbocycles. The minimum absolute atomic E-state index is 0.370. The molecule has 0 amide bonds. The summed E-state index contributed by atoms with van der Waals surface area (Å²) in [4.78, 5) is 6.10. The van der Waals surface area contributed by atoms with Crippen molar-refractivity contribution in [1.29, 1.82) is 0 Å². The van der Waals surface area contributed by atoms with Crippen molar-refractivity contribution >= 4 is 11.3 Å². The van der Waals surface area contributed by atoms with Gasteiger partial charge in [0.15, 0.2) is 0 Å². The van der Waals surface area contributed by atoms with Gasteiger partial charge in [-0.2, -0.15) is 0 Å². The first-order valence-electron chi connectivity index (χ1n) is 7.66. The summed E-state index contributed by atoms with van der Waals surface area (Å²) < 4.78 is 11.1. The van der Waals surface area contributed by atoms with E-state index in [0.717, 1.165) is 31.3 Å². The van der Waals surface area contributed by atoms with Crippen LogP contribution >= 0.6 is 11.3 Å². The molecule has 2 fully saturated rings. The van der Waals surface area contributed by atoms with E-state index in [1.807, 2.05) is 11.3 Å². The number of aromatic nitrogens is 1. The molecular formula is C15H24N2O2S. The Bertz CT molecular complexity index is 426. The van der Waals surface area contributed by atoms with Crippen molar-refractivity contribution in [1.82, 2.24) is 10.3 Å². The summed E-state index contributed by atoms with van der Waals surface area (Å²) >= 11 is 1.83. The van der Waals surface area contributed by atoms with Gasteiger partial charge >= 0.3 is 0 Å². The van der Waals surface area contributed by atoms with Crippen LogP contribution in [-0.2, 0) is 29.0 Å². The lowest BCUT2D eigenvalue weighted by molar-refractivity contribution is 0.0167. The molecule has 3 rings (SSSR count). The van der Waals surface area contributed by atoms with Crippen LogP contribution in [0.15, 0.2) is 0 Å². The number of hydrogen-bond donors (Lipinski definition) is 1. The summed E-state index contributed by atoms with van der Waals surface area (Å²) in [5.41, 5.74) is 1.11. The maximum atomic E-state index is 5.82. The maximum Gasteiger partial charge on any atom is 0.0958 e. The summed E-state index contributed by atoms with van der Waals surface area (Å²) in [7, 11) is 1.74. The first-order valence-corrected chi connectivity index (χ1v) is 8.48. The van der Waals surface area contributed by atoms with Crippen LogP contribution in [-0.4, -0.2) is 30.8 Å². The van der Waals surface area contributed by atoms with Crippen molar-refractivity contribution in [3.63, 3.8) is 0 Å². The van der Waals surface area contributed by atoms with Crippen LogP contribution in [0, 0.1) is 0 Å². The van der Waals surface area contributed by atoms with E-state index in [4.69, 9.17) is 14.5 Å². The lowest BCUT2D eigenvalue weighted by Crippen LogP contribution is -2.21. The van der Waals surface area contributed by atoms with Crippen LogP contribution in [0.1, 0.15) is 47.7 Å². The first-order chi connectivity index (χ1) is 9.85. The summed E-state index contributed by atoms with van der Waals surface area (Å²) in [6.45, 7) is 2.47. The van der Waals surface area contributed by atoms with Crippen molar-refractivity contribution in [2.45, 2.75) is 63.8 Å². The summed E-state index contributed by atoms with van der Waals surface area (Å²) in [5, 5.41) is 4.78. The Morgan fingerprint density at radius 3 is 2.95 bits per heavy atom. The Morgan fingerprint density at radius 1 is 1.35 bits per heavy atom. The molecule has 4 nitrogen and oxygen atoms in total. The predicted molar refractivity (Wildman–Crippen MR) is 80.0 cm³/mol. The van der Waals surface area contributed by atoms with Gasteiger partial charge in [0.1, 0.15) is 0 Å². The Balaban J connectivity index is 1.61. The largest absolute Gasteiger partial charge is 0.378 e. The molecule has 0 bridgehead atoms.